The Morgan fingerprint density at radius 2 is 1.48 bits per heavy atom. The maximum Gasteiger partial charge on any atom is 0.310 e. The molecule has 0 aliphatic heterocycles. The fourth-order valence-corrected chi connectivity index (χ4v) is 2.60. The SMILES string of the molecule is CC(C)(C)OC(=O)Cc1cnc2cccnc2c1.Nc1cnc2cccnc2c1. The van der Waals surface area contributed by atoms with Crippen LogP contribution in [0.25, 0.3) is 22.1 Å². The molecule has 0 amide bonds. The number of pyridine rings is 4. The molecule has 0 saturated carbocycles. The molecule has 0 fully saturated rings. The third-order valence-corrected chi connectivity index (χ3v) is 3.75. The highest BCUT2D eigenvalue weighted by molar-refractivity contribution is 5.78. The zero-order valence-corrected chi connectivity index (χ0v) is 16.7. The molecule has 0 aromatic carbocycles. The molecule has 0 saturated heterocycles. The van der Waals surface area contributed by atoms with Crippen LogP contribution < -0.4 is 5.73 Å². The lowest BCUT2D eigenvalue weighted by molar-refractivity contribution is -0.153. The summed E-state index contributed by atoms with van der Waals surface area (Å²) in [6, 6.07) is 11.2. The lowest BCUT2D eigenvalue weighted by Crippen LogP contribution is -2.24. The molecular weight excluding hydrogens is 366 g/mol. The molecule has 0 unspecified atom stereocenters. The lowest BCUT2D eigenvalue weighted by Gasteiger charge is -2.19. The quantitative estimate of drug-likeness (QED) is 0.521. The summed E-state index contributed by atoms with van der Waals surface area (Å²) in [5, 5.41) is 0. The first-order valence-electron chi connectivity index (χ1n) is 9.18. The van der Waals surface area contributed by atoms with Crippen molar-refractivity contribution in [1.82, 2.24) is 19.9 Å². The van der Waals surface area contributed by atoms with Crippen molar-refractivity contribution in [1.29, 1.82) is 0 Å². The summed E-state index contributed by atoms with van der Waals surface area (Å²) in [6.45, 7) is 5.56. The van der Waals surface area contributed by atoms with Gasteiger partial charge in [-0.1, -0.05) is 0 Å². The number of nitrogens with zero attached hydrogens (tertiary/aromatic N) is 4. The number of carbonyl (C=O) groups is 1. The molecule has 148 valence electrons. The Morgan fingerprint density at radius 3 is 2.10 bits per heavy atom. The topological polar surface area (TPSA) is 104 Å². The van der Waals surface area contributed by atoms with E-state index in [1.54, 1.807) is 24.8 Å². The number of nitrogens with two attached hydrogens (primary N) is 1. The van der Waals surface area contributed by atoms with E-state index in [9.17, 15) is 4.79 Å². The van der Waals surface area contributed by atoms with E-state index < -0.39 is 5.60 Å². The zero-order valence-electron chi connectivity index (χ0n) is 16.7. The van der Waals surface area contributed by atoms with Crippen molar-refractivity contribution in [3.05, 3.63) is 66.7 Å². The van der Waals surface area contributed by atoms with E-state index in [0.717, 1.165) is 27.6 Å². The van der Waals surface area contributed by atoms with Crippen LogP contribution in [0.1, 0.15) is 26.3 Å². The normalized spacial score (nSPS) is 11.0. The molecule has 0 radical (unpaired) electrons. The number of aromatic nitrogens is 4. The smallest absolute Gasteiger partial charge is 0.310 e. The molecule has 0 bridgehead atoms. The molecule has 7 nitrogen and oxygen atoms in total. The third kappa shape index (κ3) is 5.93. The molecule has 4 heterocycles. The van der Waals surface area contributed by atoms with Gasteiger partial charge in [-0.15, -0.1) is 0 Å². The Hall–Kier alpha value is -3.61. The number of carbonyl (C=O) groups excluding carboxylic acids is 1. The van der Waals surface area contributed by atoms with Gasteiger partial charge in [-0.05, 0) is 62.7 Å². The third-order valence-electron chi connectivity index (χ3n) is 3.75. The van der Waals surface area contributed by atoms with E-state index in [4.69, 9.17) is 10.5 Å². The number of hydrogen-bond donors (Lipinski definition) is 1. The second-order valence-electron chi connectivity index (χ2n) is 7.46. The van der Waals surface area contributed by atoms with Gasteiger partial charge in [0.1, 0.15) is 5.60 Å². The van der Waals surface area contributed by atoms with Crippen molar-refractivity contribution in [3.63, 3.8) is 0 Å². The molecule has 0 spiro atoms. The fourth-order valence-electron chi connectivity index (χ4n) is 2.60. The molecule has 0 aliphatic carbocycles. The zero-order chi connectivity index (χ0) is 20.9. The number of anilines is 1. The Bertz CT molecular complexity index is 1140. The van der Waals surface area contributed by atoms with Crippen LogP contribution in [0, 0.1) is 0 Å². The van der Waals surface area contributed by atoms with Crippen LogP contribution in [-0.2, 0) is 16.0 Å². The van der Waals surface area contributed by atoms with Crippen molar-refractivity contribution in [2.45, 2.75) is 32.8 Å². The highest BCUT2D eigenvalue weighted by atomic mass is 16.6. The highest BCUT2D eigenvalue weighted by Gasteiger charge is 2.16. The molecule has 0 atom stereocenters. The molecule has 4 rings (SSSR count). The molecule has 2 N–H and O–H groups in total. The number of hydrogen-bond acceptors (Lipinski definition) is 7. The summed E-state index contributed by atoms with van der Waals surface area (Å²) in [4.78, 5) is 28.4. The maximum atomic E-state index is 11.7. The van der Waals surface area contributed by atoms with Gasteiger partial charge in [0.05, 0.1) is 40.4 Å². The van der Waals surface area contributed by atoms with Crippen molar-refractivity contribution < 1.29 is 9.53 Å². The predicted molar refractivity (Wildman–Crippen MR) is 113 cm³/mol. The molecule has 4 aromatic rings. The van der Waals surface area contributed by atoms with E-state index in [0.29, 0.717) is 5.69 Å². The van der Waals surface area contributed by atoms with Crippen molar-refractivity contribution in [2.75, 3.05) is 5.73 Å². The number of rotatable bonds is 2. The van der Waals surface area contributed by atoms with Crippen LogP contribution in [0.3, 0.4) is 0 Å². The van der Waals surface area contributed by atoms with Gasteiger partial charge in [0.15, 0.2) is 0 Å². The second-order valence-corrected chi connectivity index (χ2v) is 7.46. The van der Waals surface area contributed by atoms with Crippen LogP contribution in [-0.4, -0.2) is 31.5 Å². The van der Waals surface area contributed by atoms with Crippen LogP contribution in [0.5, 0.6) is 0 Å². The predicted octanol–water partition coefficient (Wildman–Crippen LogP) is 3.73. The van der Waals surface area contributed by atoms with Crippen molar-refractivity contribution >= 4 is 33.7 Å². The standard InChI is InChI=1S/C14H16N2O2.C8H7N3/c1-14(2,3)18-13(17)8-10-7-12-11(16-9-10)5-4-6-15-12;9-6-4-8-7(11-5-6)2-1-3-10-8/h4-7,9H,8H2,1-3H3;1-5H,9H2. The molecule has 29 heavy (non-hydrogen) atoms. The summed E-state index contributed by atoms with van der Waals surface area (Å²) in [5.74, 6) is -0.250. The summed E-state index contributed by atoms with van der Waals surface area (Å²) in [5.41, 5.74) is 9.86. The van der Waals surface area contributed by atoms with Gasteiger partial charge in [-0.25, -0.2) is 0 Å². The lowest BCUT2D eigenvalue weighted by atomic mass is 10.1. The first-order chi connectivity index (χ1) is 13.8. The molecular formula is C22H23N5O2. The Balaban J connectivity index is 0.000000186. The monoisotopic (exact) mass is 389 g/mol. The van der Waals surface area contributed by atoms with Gasteiger partial charge in [0, 0.05) is 18.6 Å². The number of ether oxygens (including phenoxy) is 1. The first kappa shape index (κ1) is 20.1. The Morgan fingerprint density at radius 1 is 0.897 bits per heavy atom. The van der Waals surface area contributed by atoms with E-state index in [1.165, 1.54) is 0 Å². The van der Waals surface area contributed by atoms with Gasteiger partial charge < -0.3 is 10.5 Å². The summed E-state index contributed by atoms with van der Waals surface area (Å²) >= 11 is 0. The van der Waals surface area contributed by atoms with Crippen LogP contribution in [0.2, 0.25) is 0 Å². The van der Waals surface area contributed by atoms with Crippen LogP contribution >= 0.6 is 0 Å². The van der Waals surface area contributed by atoms with Gasteiger partial charge in [-0.2, -0.15) is 0 Å². The average Bonchev–Trinajstić information content (AvgIpc) is 2.67. The van der Waals surface area contributed by atoms with Crippen LogP contribution in [0.15, 0.2) is 61.2 Å². The van der Waals surface area contributed by atoms with E-state index in [2.05, 4.69) is 19.9 Å². The summed E-state index contributed by atoms with van der Waals surface area (Å²) in [6.07, 6.45) is 6.97. The Kier molecular flexibility index (Phi) is 5.97. The highest BCUT2D eigenvalue weighted by Crippen LogP contribution is 2.13. The largest absolute Gasteiger partial charge is 0.460 e. The van der Waals surface area contributed by atoms with Crippen molar-refractivity contribution in [2.24, 2.45) is 0 Å². The second kappa shape index (κ2) is 8.60. The number of nitrogen functional groups attached to an aromatic ring is 1. The van der Waals surface area contributed by atoms with E-state index in [-0.39, 0.29) is 12.4 Å². The van der Waals surface area contributed by atoms with Gasteiger partial charge in [0.2, 0.25) is 0 Å². The molecule has 0 aliphatic rings. The van der Waals surface area contributed by atoms with Crippen LogP contribution in [0.4, 0.5) is 5.69 Å². The fraction of sp³-hybridized carbons (Fsp3) is 0.227. The minimum atomic E-state index is -0.459. The van der Waals surface area contributed by atoms with Crippen molar-refractivity contribution in [3.8, 4) is 0 Å². The number of esters is 1. The molecule has 7 heteroatoms. The summed E-state index contributed by atoms with van der Waals surface area (Å²) in [7, 11) is 0. The average molecular weight is 389 g/mol. The molecule has 4 aromatic heterocycles. The van der Waals surface area contributed by atoms with Gasteiger partial charge in [0.25, 0.3) is 0 Å². The van der Waals surface area contributed by atoms with E-state index in [1.807, 2.05) is 57.2 Å². The van der Waals surface area contributed by atoms with Gasteiger partial charge in [-0.3, -0.25) is 24.7 Å². The first-order valence-corrected chi connectivity index (χ1v) is 9.18. The van der Waals surface area contributed by atoms with E-state index >= 15 is 0 Å². The summed E-state index contributed by atoms with van der Waals surface area (Å²) < 4.78 is 5.27. The maximum absolute atomic E-state index is 11.7. The number of fused-ring (bicyclic) bond motifs is 2. The minimum absolute atomic E-state index is 0.219. The Labute approximate surface area is 169 Å². The minimum Gasteiger partial charge on any atom is -0.460 e. The van der Waals surface area contributed by atoms with Gasteiger partial charge >= 0.3 is 5.97 Å².